The molecule has 0 aliphatic carbocycles. The molecule has 0 bridgehead atoms. The van der Waals surface area contributed by atoms with E-state index in [-0.39, 0.29) is 11.5 Å². The Morgan fingerprint density at radius 1 is 0.880 bits per heavy atom. The van der Waals surface area contributed by atoms with E-state index in [1.165, 1.54) is 0 Å². The first-order valence-corrected chi connectivity index (χ1v) is 7.96. The number of anilines is 2. The number of rotatable bonds is 4. The summed E-state index contributed by atoms with van der Waals surface area (Å²) in [5, 5.41) is 5.48. The predicted octanol–water partition coefficient (Wildman–Crippen LogP) is 2.44. The minimum Gasteiger partial charge on any atom is -0.476 e. The second-order valence-electron chi connectivity index (χ2n) is 5.59. The van der Waals surface area contributed by atoms with E-state index in [4.69, 9.17) is 4.74 Å². The van der Waals surface area contributed by atoms with Gasteiger partial charge >= 0.3 is 0 Å². The molecule has 128 valence electrons. The first-order chi connectivity index (χ1) is 12.1. The molecule has 0 saturated carbocycles. The maximum absolute atomic E-state index is 12.7. The Balaban J connectivity index is 1.88. The number of hydrogen-bond acceptors (Lipinski definition) is 4. The van der Waals surface area contributed by atoms with Crippen LogP contribution in [-0.4, -0.2) is 36.9 Å². The largest absolute Gasteiger partial charge is 0.476 e. The normalized spacial score (nSPS) is 13.2. The Morgan fingerprint density at radius 3 is 1.76 bits per heavy atom. The van der Waals surface area contributed by atoms with Crippen LogP contribution >= 0.6 is 0 Å². The lowest BCUT2D eigenvalue weighted by Gasteiger charge is -2.16. The fourth-order valence-corrected chi connectivity index (χ4v) is 2.48. The van der Waals surface area contributed by atoms with Gasteiger partial charge in [0.15, 0.2) is 5.57 Å². The highest BCUT2D eigenvalue weighted by Gasteiger charge is 2.30. The van der Waals surface area contributed by atoms with E-state index in [9.17, 15) is 9.59 Å². The highest BCUT2D eigenvalue weighted by Crippen LogP contribution is 2.20. The summed E-state index contributed by atoms with van der Waals surface area (Å²) < 4.78 is 5.53. The molecule has 1 aliphatic rings. The standard InChI is InChI=1S/C19H19N3O3/c1-22-12-13-25-19(22)16(17(23)20-14-8-4-2-5-9-14)18(24)21-15-10-6-3-7-11-15/h2-11H,12-13H2,1H3,(H,20,23)(H,21,24). The molecular formula is C19H19N3O3. The molecule has 0 spiro atoms. The van der Waals surface area contributed by atoms with Gasteiger partial charge in [-0.25, -0.2) is 0 Å². The predicted molar refractivity (Wildman–Crippen MR) is 95.8 cm³/mol. The summed E-state index contributed by atoms with van der Waals surface area (Å²) in [5.74, 6) is -0.742. The van der Waals surface area contributed by atoms with Gasteiger partial charge in [-0.1, -0.05) is 36.4 Å². The Kier molecular flexibility index (Phi) is 4.99. The summed E-state index contributed by atoms with van der Waals surface area (Å²) in [7, 11) is 1.79. The molecule has 3 rings (SSSR count). The molecule has 2 aromatic carbocycles. The van der Waals surface area contributed by atoms with Crippen molar-refractivity contribution in [3.05, 3.63) is 72.1 Å². The van der Waals surface area contributed by atoms with Crippen molar-refractivity contribution in [3.8, 4) is 0 Å². The lowest BCUT2D eigenvalue weighted by atomic mass is 10.2. The summed E-state index contributed by atoms with van der Waals surface area (Å²) >= 11 is 0. The monoisotopic (exact) mass is 337 g/mol. The molecule has 0 aromatic heterocycles. The summed E-state index contributed by atoms with van der Waals surface area (Å²) in [4.78, 5) is 27.2. The van der Waals surface area contributed by atoms with Gasteiger partial charge in [0, 0.05) is 18.4 Å². The molecule has 0 radical (unpaired) electrons. The zero-order valence-electron chi connectivity index (χ0n) is 13.9. The Morgan fingerprint density at radius 2 is 1.36 bits per heavy atom. The van der Waals surface area contributed by atoms with E-state index in [1.807, 2.05) is 36.4 Å². The molecule has 2 amide bonds. The Bertz CT molecular complexity index is 733. The summed E-state index contributed by atoms with van der Waals surface area (Å²) in [6.07, 6.45) is 0. The molecule has 2 N–H and O–H groups in total. The molecule has 2 aromatic rings. The third kappa shape index (κ3) is 3.98. The van der Waals surface area contributed by atoms with Crippen LogP contribution in [0.15, 0.2) is 72.1 Å². The SMILES string of the molecule is CN1CCOC1=C(C(=O)Nc1ccccc1)C(=O)Nc1ccccc1. The minimum absolute atomic E-state index is 0.0484. The van der Waals surface area contributed by atoms with Crippen LogP contribution in [0.3, 0.4) is 0 Å². The quantitative estimate of drug-likeness (QED) is 0.511. The third-order valence-electron chi connectivity index (χ3n) is 3.74. The van der Waals surface area contributed by atoms with E-state index in [2.05, 4.69) is 10.6 Å². The highest BCUT2D eigenvalue weighted by atomic mass is 16.5. The Labute approximate surface area is 146 Å². The number of benzene rings is 2. The first kappa shape index (κ1) is 16.6. The number of carbonyl (C=O) groups excluding carboxylic acids is 2. The highest BCUT2D eigenvalue weighted by molar-refractivity contribution is 6.26. The van der Waals surface area contributed by atoms with Crippen LogP contribution in [0.25, 0.3) is 0 Å². The van der Waals surface area contributed by atoms with Gasteiger partial charge < -0.3 is 20.3 Å². The van der Waals surface area contributed by atoms with Crippen molar-refractivity contribution in [2.45, 2.75) is 0 Å². The van der Waals surface area contributed by atoms with E-state index in [1.54, 1.807) is 36.2 Å². The van der Waals surface area contributed by atoms with Crippen LogP contribution in [0.1, 0.15) is 0 Å². The van der Waals surface area contributed by atoms with Crippen molar-refractivity contribution in [2.75, 3.05) is 30.8 Å². The van der Waals surface area contributed by atoms with Crippen molar-refractivity contribution in [1.82, 2.24) is 4.90 Å². The molecule has 6 nitrogen and oxygen atoms in total. The molecule has 0 unspecified atom stereocenters. The number of para-hydroxylation sites is 2. The molecule has 25 heavy (non-hydrogen) atoms. The van der Waals surface area contributed by atoms with Gasteiger partial charge in [-0.2, -0.15) is 0 Å². The number of amides is 2. The lowest BCUT2D eigenvalue weighted by molar-refractivity contribution is -0.119. The number of carbonyl (C=O) groups is 2. The number of nitrogens with zero attached hydrogens (tertiary/aromatic N) is 1. The number of hydrogen-bond donors (Lipinski definition) is 2. The molecule has 1 saturated heterocycles. The van der Waals surface area contributed by atoms with Gasteiger partial charge in [-0.3, -0.25) is 9.59 Å². The average Bonchev–Trinajstić information content (AvgIpc) is 3.02. The summed E-state index contributed by atoms with van der Waals surface area (Å²) in [5.41, 5.74) is 1.17. The smallest absolute Gasteiger partial charge is 0.266 e. The lowest BCUT2D eigenvalue weighted by Crippen LogP contribution is -2.29. The fraction of sp³-hybridized carbons (Fsp3) is 0.158. The van der Waals surface area contributed by atoms with Gasteiger partial charge in [-0.05, 0) is 24.3 Å². The van der Waals surface area contributed by atoms with Gasteiger partial charge in [-0.15, -0.1) is 0 Å². The van der Waals surface area contributed by atoms with Crippen LogP contribution in [0.4, 0.5) is 11.4 Å². The van der Waals surface area contributed by atoms with Crippen molar-refractivity contribution in [1.29, 1.82) is 0 Å². The number of likely N-dealkylation sites (N-methyl/N-ethyl adjacent to an activating group) is 1. The summed E-state index contributed by atoms with van der Waals surface area (Å²) in [6, 6.07) is 18.0. The minimum atomic E-state index is -0.511. The van der Waals surface area contributed by atoms with E-state index < -0.39 is 11.8 Å². The van der Waals surface area contributed by atoms with Gasteiger partial charge in [0.25, 0.3) is 11.8 Å². The van der Waals surface area contributed by atoms with Gasteiger partial charge in [0.1, 0.15) is 6.61 Å². The third-order valence-corrected chi connectivity index (χ3v) is 3.74. The van der Waals surface area contributed by atoms with Crippen molar-refractivity contribution < 1.29 is 14.3 Å². The second-order valence-corrected chi connectivity index (χ2v) is 5.59. The van der Waals surface area contributed by atoms with Crippen molar-refractivity contribution >= 4 is 23.2 Å². The Hall–Kier alpha value is -3.28. The number of nitrogens with one attached hydrogen (secondary N) is 2. The van der Waals surface area contributed by atoms with E-state index in [0.29, 0.717) is 24.5 Å². The fourth-order valence-electron chi connectivity index (χ4n) is 2.48. The molecule has 0 atom stereocenters. The first-order valence-electron chi connectivity index (χ1n) is 7.96. The van der Waals surface area contributed by atoms with Crippen LogP contribution in [-0.2, 0) is 14.3 Å². The molecule has 1 aliphatic heterocycles. The van der Waals surface area contributed by atoms with Gasteiger partial charge in [0.2, 0.25) is 5.88 Å². The topological polar surface area (TPSA) is 70.7 Å². The molecule has 1 heterocycles. The van der Waals surface area contributed by atoms with Crippen LogP contribution in [0.5, 0.6) is 0 Å². The van der Waals surface area contributed by atoms with Crippen LogP contribution in [0.2, 0.25) is 0 Å². The van der Waals surface area contributed by atoms with E-state index >= 15 is 0 Å². The van der Waals surface area contributed by atoms with Crippen molar-refractivity contribution in [2.24, 2.45) is 0 Å². The second kappa shape index (κ2) is 7.53. The summed E-state index contributed by atoms with van der Waals surface area (Å²) in [6.45, 7) is 1.06. The maximum Gasteiger partial charge on any atom is 0.266 e. The zero-order chi connectivity index (χ0) is 17.6. The average molecular weight is 337 g/mol. The van der Waals surface area contributed by atoms with Crippen LogP contribution < -0.4 is 10.6 Å². The molecule has 1 fully saturated rings. The number of ether oxygens (including phenoxy) is 1. The molecule has 6 heteroatoms. The molecular weight excluding hydrogens is 318 g/mol. The maximum atomic E-state index is 12.7. The van der Waals surface area contributed by atoms with E-state index in [0.717, 1.165) is 0 Å². The van der Waals surface area contributed by atoms with Crippen molar-refractivity contribution in [3.63, 3.8) is 0 Å². The van der Waals surface area contributed by atoms with Crippen LogP contribution in [0, 0.1) is 0 Å². The zero-order valence-corrected chi connectivity index (χ0v) is 13.9. The van der Waals surface area contributed by atoms with Gasteiger partial charge in [0.05, 0.1) is 6.54 Å².